The number of esters is 3. The first-order valence-electron chi connectivity index (χ1n) is 30.8. The van der Waals surface area contributed by atoms with E-state index in [1.54, 1.807) is 0 Å². The Morgan fingerprint density at radius 1 is 0.296 bits per heavy atom. The molecular weight excluding hydrogens is 877 g/mol. The summed E-state index contributed by atoms with van der Waals surface area (Å²) in [5.41, 5.74) is 0. The molecule has 6 nitrogen and oxygen atoms in total. The van der Waals surface area contributed by atoms with E-state index in [2.05, 4.69) is 81.5 Å². The molecule has 0 rings (SSSR count). The van der Waals surface area contributed by atoms with E-state index < -0.39 is 6.10 Å². The maximum absolute atomic E-state index is 12.8. The van der Waals surface area contributed by atoms with Crippen molar-refractivity contribution < 1.29 is 28.6 Å². The summed E-state index contributed by atoms with van der Waals surface area (Å²) >= 11 is 0. The van der Waals surface area contributed by atoms with Gasteiger partial charge in [-0.2, -0.15) is 0 Å². The molecule has 412 valence electrons. The smallest absolute Gasteiger partial charge is 0.306 e. The van der Waals surface area contributed by atoms with Gasteiger partial charge in [0, 0.05) is 19.3 Å². The van der Waals surface area contributed by atoms with Crippen molar-refractivity contribution in [3.63, 3.8) is 0 Å². The molecule has 0 spiro atoms. The quantitative estimate of drug-likeness (QED) is 0.0261. The van der Waals surface area contributed by atoms with Crippen molar-refractivity contribution >= 4 is 17.9 Å². The van der Waals surface area contributed by atoms with Crippen molar-refractivity contribution in [2.24, 2.45) is 0 Å². The van der Waals surface area contributed by atoms with Crippen LogP contribution in [0.3, 0.4) is 0 Å². The molecule has 0 aromatic rings. The molecule has 0 fully saturated rings. The molecule has 0 aliphatic heterocycles. The van der Waals surface area contributed by atoms with Crippen LogP contribution < -0.4 is 0 Å². The van der Waals surface area contributed by atoms with E-state index in [-0.39, 0.29) is 31.1 Å². The van der Waals surface area contributed by atoms with E-state index in [0.29, 0.717) is 19.3 Å². The van der Waals surface area contributed by atoms with Gasteiger partial charge in [-0.05, 0) is 64.2 Å². The third kappa shape index (κ3) is 57.9. The van der Waals surface area contributed by atoms with Gasteiger partial charge in [0.15, 0.2) is 6.10 Å². The normalized spacial score (nSPS) is 12.4. The lowest BCUT2D eigenvalue weighted by molar-refractivity contribution is -0.167. The second-order valence-electron chi connectivity index (χ2n) is 20.6. The fourth-order valence-corrected chi connectivity index (χ4v) is 8.94. The molecule has 0 aromatic carbocycles. The number of carbonyl (C=O) groups is 3. The van der Waals surface area contributed by atoms with Crippen LogP contribution in [0.2, 0.25) is 0 Å². The van der Waals surface area contributed by atoms with Crippen LogP contribution in [0.1, 0.15) is 316 Å². The molecule has 1 unspecified atom stereocenters. The van der Waals surface area contributed by atoms with Gasteiger partial charge >= 0.3 is 17.9 Å². The number of carbonyl (C=O) groups excluding carboxylic acids is 3. The summed E-state index contributed by atoms with van der Waals surface area (Å²) in [7, 11) is 0. The van der Waals surface area contributed by atoms with E-state index in [9.17, 15) is 14.4 Å². The first-order valence-corrected chi connectivity index (χ1v) is 30.8. The summed E-state index contributed by atoms with van der Waals surface area (Å²) in [5, 5.41) is 0. The maximum Gasteiger partial charge on any atom is 0.306 e. The Morgan fingerprint density at radius 2 is 0.549 bits per heavy atom. The molecule has 0 amide bonds. The van der Waals surface area contributed by atoms with Crippen LogP contribution in [0.4, 0.5) is 0 Å². The Balaban J connectivity index is 4.04. The molecule has 0 aliphatic rings. The van der Waals surface area contributed by atoms with Crippen LogP contribution in [0.5, 0.6) is 0 Å². The number of ether oxygens (including phenoxy) is 3. The average Bonchev–Trinajstić information content (AvgIpc) is 3.37. The van der Waals surface area contributed by atoms with Crippen LogP contribution in [0, 0.1) is 0 Å². The van der Waals surface area contributed by atoms with Gasteiger partial charge in [-0.3, -0.25) is 14.4 Å². The van der Waals surface area contributed by atoms with E-state index in [1.807, 2.05) is 0 Å². The van der Waals surface area contributed by atoms with Crippen LogP contribution in [0.25, 0.3) is 0 Å². The third-order valence-electron chi connectivity index (χ3n) is 13.5. The highest BCUT2D eigenvalue weighted by atomic mass is 16.6. The minimum absolute atomic E-state index is 0.0702. The fourth-order valence-electron chi connectivity index (χ4n) is 8.94. The Morgan fingerprint density at radius 3 is 0.859 bits per heavy atom. The van der Waals surface area contributed by atoms with Gasteiger partial charge in [-0.1, -0.05) is 293 Å². The lowest BCUT2D eigenvalue weighted by Gasteiger charge is -2.18. The van der Waals surface area contributed by atoms with Crippen LogP contribution in [-0.2, 0) is 28.6 Å². The highest BCUT2D eigenvalue weighted by molar-refractivity contribution is 5.71. The molecule has 6 heteroatoms. The zero-order valence-electron chi connectivity index (χ0n) is 47.2. The first kappa shape index (κ1) is 68.1. The molecule has 71 heavy (non-hydrogen) atoms. The van der Waals surface area contributed by atoms with E-state index in [4.69, 9.17) is 14.2 Å². The highest BCUT2D eigenvalue weighted by Crippen LogP contribution is 2.17. The average molecular weight is 994 g/mol. The Labute approximate surface area is 440 Å². The van der Waals surface area contributed by atoms with Crippen LogP contribution in [-0.4, -0.2) is 37.2 Å². The third-order valence-corrected chi connectivity index (χ3v) is 13.5. The maximum atomic E-state index is 12.8. The van der Waals surface area contributed by atoms with Crippen molar-refractivity contribution in [1.29, 1.82) is 0 Å². The minimum atomic E-state index is -0.768. The zero-order valence-corrected chi connectivity index (χ0v) is 47.2. The van der Waals surface area contributed by atoms with E-state index in [0.717, 1.165) is 89.9 Å². The predicted octanol–water partition coefficient (Wildman–Crippen LogP) is 20.8. The molecule has 0 heterocycles. The monoisotopic (exact) mass is 993 g/mol. The Hall–Kier alpha value is -2.89. The topological polar surface area (TPSA) is 78.9 Å². The standard InChI is InChI=1S/C65H116O6/c1-4-7-10-13-16-18-20-22-24-26-28-29-30-31-32-33-34-35-36-37-38-40-41-43-45-47-49-52-55-58-64(67)70-61-62(60-69-63(66)57-54-51-15-12-9-6-3)71-65(68)59-56-53-50-48-46-44-42-39-27-25-23-21-19-17-14-11-8-5-2/h7,10,16,18,22,24,28-29,31-32,62H,4-6,8-9,11-15,17,19-21,23,25-27,30,33-61H2,1-3H3/b10-7-,18-16-,24-22-,29-28-,32-31-. The first-order chi connectivity index (χ1) is 35.0. The van der Waals surface area contributed by atoms with Gasteiger partial charge in [0.1, 0.15) is 13.2 Å². The molecule has 1 atom stereocenters. The molecule has 0 bridgehead atoms. The molecule has 0 aromatic heterocycles. The van der Waals surface area contributed by atoms with E-state index in [1.165, 1.54) is 186 Å². The summed E-state index contributed by atoms with van der Waals surface area (Å²) in [6, 6.07) is 0. The van der Waals surface area contributed by atoms with Crippen molar-refractivity contribution in [3.8, 4) is 0 Å². The fraction of sp³-hybridized carbons (Fsp3) is 0.800. The number of hydrogen-bond acceptors (Lipinski definition) is 6. The van der Waals surface area contributed by atoms with Crippen LogP contribution >= 0.6 is 0 Å². The number of hydrogen-bond donors (Lipinski definition) is 0. The van der Waals surface area contributed by atoms with E-state index >= 15 is 0 Å². The van der Waals surface area contributed by atoms with Crippen molar-refractivity contribution in [3.05, 3.63) is 60.8 Å². The highest BCUT2D eigenvalue weighted by Gasteiger charge is 2.19. The van der Waals surface area contributed by atoms with Crippen molar-refractivity contribution in [2.75, 3.05) is 13.2 Å². The lowest BCUT2D eigenvalue weighted by Crippen LogP contribution is -2.30. The number of rotatable bonds is 56. The summed E-state index contributed by atoms with van der Waals surface area (Å²) in [6.45, 7) is 6.51. The molecule has 0 saturated carbocycles. The Bertz CT molecular complexity index is 1280. The largest absolute Gasteiger partial charge is 0.462 e. The Kier molecular flexibility index (Phi) is 57.2. The predicted molar refractivity (Wildman–Crippen MR) is 307 cm³/mol. The molecule has 0 aliphatic carbocycles. The second-order valence-corrected chi connectivity index (χ2v) is 20.6. The number of allylic oxidation sites excluding steroid dienone is 10. The summed E-state index contributed by atoms with van der Waals surface area (Å²) in [6.07, 6.45) is 75.5. The summed E-state index contributed by atoms with van der Waals surface area (Å²) in [4.78, 5) is 37.9. The van der Waals surface area contributed by atoms with Gasteiger partial charge in [-0.15, -0.1) is 0 Å². The molecule has 0 N–H and O–H groups in total. The summed E-state index contributed by atoms with van der Waals surface area (Å²) in [5.74, 6) is -0.865. The van der Waals surface area contributed by atoms with Gasteiger partial charge in [0.05, 0.1) is 0 Å². The van der Waals surface area contributed by atoms with Crippen molar-refractivity contribution in [2.45, 2.75) is 322 Å². The summed E-state index contributed by atoms with van der Waals surface area (Å²) < 4.78 is 16.8. The SMILES string of the molecule is CC/C=C\C/C=C\C/C=C\C/C=C\C/C=C\CCCCCCCCCCCCCCCC(=O)OCC(COC(=O)CCCCCCCC)OC(=O)CCCCCCCCCCCCCCCCCCCC. The molecule has 0 radical (unpaired) electrons. The molecular formula is C65H116O6. The van der Waals surface area contributed by atoms with Gasteiger partial charge in [0.25, 0.3) is 0 Å². The van der Waals surface area contributed by atoms with Crippen LogP contribution in [0.15, 0.2) is 60.8 Å². The van der Waals surface area contributed by atoms with Gasteiger partial charge < -0.3 is 14.2 Å². The molecule has 0 saturated heterocycles. The second kappa shape index (κ2) is 59.7. The van der Waals surface area contributed by atoms with Gasteiger partial charge in [-0.25, -0.2) is 0 Å². The van der Waals surface area contributed by atoms with Gasteiger partial charge in [0.2, 0.25) is 0 Å². The number of unbranched alkanes of at least 4 members (excludes halogenated alkanes) is 35. The van der Waals surface area contributed by atoms with Crippen molar-refractivity contribution in [1.82, 2.24) is 0 Å². The zero-order chi connectivity index (χ0) is 51.4. The minimum Gasteiger partial charge on any atom is -0.462 e. The lowest BCUT2D eigenvalue weighted by atomic mass is 10.0.